The second kappa shape index (κ2) is 3.43. The molecule has 0 saturated carbocycles. The minimum atomic E-state index is -0.0262. The molecule has 0 aromatic carbocycles. The van der Waals surface area contributed by atoms with E-state index in [1.54, 1.807) is 5.51 Å². The lowest BCUT2D eigenvalue weighted by Crippen LogP contribution is -2.17. The molecule has 1 amide bonds. The van der Waals surface area contributed by atoms with Crippen molar-refractivity contribution >= 4 is 22.4 Å². The van der Waals surface area contributed by atoms with Crippen LogP contribution in [0.25, 0.3) is 0 Å². The van der Waals surface area contributed by atoms with Crippen molar-refractivity contribution in [3.63, 3.8) is 0 Å². The molecule has 1 rings (SSSR count). The summed E-state index contributed by atoms with van der Waals surface area (Å²) in [6.07, 6.45) is 0. The molecule has 1 N–H and O–H groups in total. The van der Waals surface area contributed by atoms with Gasteiger partial charge in [0.2, 0.25) is 11.0 Å². The summed E-state index contributed by atoms with van der Waals surface area (Å²) in [5, 5.41) is 10.4. The summed E-state index contributed by atoms with van der Waals surface area (Å²) in [7, 11) is 0. The van der Waals surface area contributed by atoms with E-state index in [1.165, 1.54) is 11.3 Å². The zero-order valence-electron chi connectivity index (χ0n) is 6.37. The Kier molecular flexibility index (Phi) is 2.53. The van der Waals surface area contributed by atoms with Crippen LogP contribution in [-0.2, 0) is 4.79 Å². The molecular formula is C6H9N3OS. The predicted molar refractivity (Wildman–Crippen MR) is 43.4 cm³/mol. The van der Waals surface area contributed by atoms with Crippen LogP contribution in [0.1, 0.15) is 13.8 Å². The van der Waals surface area contributed by atoms with Crippen molar-refractivity contribution < 1.29 is 4.79 Å². The van der Waals surface area contributed by atoms with Crippen LogP contribution in [-0.4, -0.2) is 16.1 Å². The van der Waals surface area contributed by atoms with Gasteiger partial charge >= 0.3 is 0 Å². The fourth-order valence-corrected chi connectivity index (χ4v) is 0.925. The minimum absolute atomic E-state index is 0.0149. The summed E-state index contributed by atoms with van der Waals surface area (Å²) in [4.78, 5) is 11.0. The summed E-state index contributed by atoms with van der Waals surface area (Å²) in [6.45, 7) is 3.66. The first kappa shape index (κ1) is 8.13. The molecule has 0 saturated heterocycles. The third-order valence-electron chi connectivity index (χ3n) is 1.11. The van der Waals surface area contributed by atoms with E-state index in [0.717, 1.165) is 0 Å². The highest BCUT2D eigenvalue weighted by Crippen LogP contribution is 2.09. The van der Waals surface area contributed by atoms with Crippen molar-refractivity contribution in [3.8, 4) is 0 Å². The number of aromatic nitrogens is 2. The first-order chi connectivity index (χ1) is 5.20. The molecular weight excluding hydrogens is 162 g/mol. The van der Waals surface area contributed by atoms with E-state index < -0.39 is 0 Å². The Morgan fingerprint density at radius 2 is 2.45 bits per heavy atom. The standard InChI is InChI=1S/C6H9N3OS/c1-4(2)5(10)8-6-9-7-3-11-6/h3-4H,1-2H3,(H,8,9,10). The van der Waals surface area contributed by atoms with Crippen molar-refractivity contribution in [2.45, 2.75) is 13.8 Å². The Hall–Kier alpha value is -0.970. The van der Waals surface area contributed by atoms with Crippen molar-refractivity contribution in [1.82, 2.24) is 10.2 Å². The Labute approximate surface area is 68.7 Å². The SMILES string of the molecule is CC(C)C(=O)Nc1nncs1. The van der Waals surface area contributed by atoms with Crippen LogP contribution in [0.15, 0.2) is 5.51 Å². The Balaban J connectivity index is 2.50. The average molecular weight is 171 g/mol. The monoisotopic (exact) mass is 171 g/mol. The van der Waals surface area contributed by atoms with E-state index in [4.69, 9.17) is 0 Å². The number of amides is 1. The van der Waals surface area contributed by atoms with Gasteiger partial charge in [0, 0.05) is 5.92 Å². The predicted octanol–water partition coefficient (Wildman–Crippen LogP) is 1.13. The highest BCUT2D eigenvalue weighted by Gasteiger charge is 2.07. The number of nitrogens with zero attached hydrogens (tertiary/aromatic N) is 2. The molecule has 0 atom stereocenters. The number of hydrogen-bond acceptors (Lipinski definition) is 4. The number of carbonyl (C=O) groups excluding carboxylic acids is 1. The number of nitrogens with one attached hydrogen (secondary N) is 1. The van der Waals surface area contributed by atoms with Gasteiger partial charge in [0.15, 0.2) is 0 Å². The van der Waals surface area contributed by atoms with Crippen LogP contribution in [0.2, 0.25) is 0 Å². The fraction of sp³-hybridized carbons (Fsp3) is 0.500. The highest BCUT2D eigenvalue weighted by molar-refractivity contribution is 7.13. The molecule has 1 aromatic heterocycles. The molecule has 0 aliphatic rings. The maximum atomic E-state index is 11.0. The van der Waals surface area contributed by atoms with Gasteiger partial charge in [-0.3, -0.25) is 4.79 Å². The third-order valence-corrected chi connectivity index (χ3v) is 1.72. The van der Waals surface area contributed by atoms with Gasteiger partial charge in [0.25, 0.3) is 0 Å². The lowest BCUT2D eigenvalue weighted by molar-refractivity contribution is -0.118. The van der Waals surface area contributed by atoms with Gasteiger partial charge in [-0.2, -0.15) is 0 Å². The van der Waals surface area contributed by atoms with E-state index in [-0.39, 0.29) is 11.8 Å². The van der Waals surface area contributed by atoms with E-state index in [0.29, 0.717) is 5.13 Å². The molecule has 0 fully saturated rings. The van der Waals surface area contributed by atoms with Crippen LogP contribution in [0, 0.1) is 5.92 Å². The summed E-state index contributed by atoms with van der Waals surface area (Å²) < 4.78 is 0. The van der Waals surface area contributed by atoms with Gasteiger partial charge in [0.05, 0.1) is 0 Å². The number of hydrogen-bond donors (Lipinski definition) is 1. The summed E-state index contributed by atoms with van der Waals surface area (Å²) >= 11 is 1.31. The molecule has 0 aliphatic carbocycles. The maximum absolute atomic E-state index is 11.0. The number of carbonyl (C=O) groups is 1. The van der Waals surface area contributed by atoms with Gasteiger partial charge < -0.3 is 5.32 Å². The molecule has 11 heavy (non-hydrogen) atoms. The summed E-state index contributed by atoms with van der Waals surface area (Å²) in [5.74, 6) is -0.0411. The fourth-order valence-electron chi connectivity index (χ4n) is 0.477. The van der Waals surface area contributed by atoms with E-state index in [2.05, 4.69) is 15.5 Å². The summed E-state index contributed by atoms with van der Waals surface area (Å²) in [6, 6.07) is 0. The van der Waals surface area contributed by atoms with Crippen LogP contribution >= 0.6 is 11.3 Å². The smallest absolute Gasteiger partial charge is 0.228 e. The molecule has 0 unspecified atom stereocenters. The number of rotatable bonds is 2. The van der Waals surface area contributed by atoms with Crippen LogP contribution in [0.4, 0.5) is 5.13 Å². The van der Waals surface area contributed by atoms with E-state index >= 15 is 0 Å². The van der Waals surface area contributed by atoms with Crippen molar-refractivity contribution in [3.05, 3.63) is 5.51 Å². The van der Waals surface area contributed by atoms with Gasteiger partial charge in [-0.05, 0) is 0 Å². The number of anilines is 1. The first-order valence-corrected chi connectivity index (χ1v) is 4.15. The van der Waals surface area contributed by atoms with Crippen molar-refractivity contribution in [1.29, 1.82) is 0 Å². The molecule has 4 nitrogen and oxygen atoms in total. The molecule has 0 aliphatic heterocycles. The van der Waals surface area contributed by atoms with Crippen molar-refractivity contribution in [2.75, 3.05) is 5.32 Å². The molecule has 1 aromatic rings. The first-order valence-electron chi connectivity index (χ1n) is 3.27. The molecule has 0 bridgehead atoms. The zero-order chi connectivity index (χ0) is 8.27. The average Bonchev–Trinajstić information content (AvgIpc) is 2.39. The quantitative estimate of drug-likeness (QED) is 0.725. The molecule has 0 radical (unpaired) electrons. The second-order valence-corrected chi connectivity index (χ2v) is 3.22. The second-order valence-electron chi connectivity index (χ2n) is 2.39. The van der Waals surface area contributed by atoms with Crippen LogP contribution in [0.5, 0.6) is 0 Å². The Bertz CT molecular complexity index is 232. The summed E-state index contributed by atoms with van der Waals surface area (Å²) in [5.41, 5.74) is 1.58. The normalized spacial score (nSPS) is 10.1. The molecule has 1 heterocycles. The molecule has 60 valence electrons. The van der Waals surface area contributed by atoms with Gasteiger partial charge in [-0.25, -0.2) is 0 Å². The third kappa shape index (κ3) is 2.27. The van der Waals surface area contributed by atoms with E-state index in [9.17, 15) is 4.79 Å². The van der Waals surface area contributed by atoms with Crippen LogP contribution in [0.3, 0.4) is 0 Å². The van der Waals surface area contributed by atoms with Crippen molar-refractivity contribution in [2.24, 2.45) is 5.92 Å². The lowest BCUT2D eigenvalue weighted by Gasteiger charge is -2.01. The van der Waals surface area contributed by atoms with E-state index in [1.807, 2.05) is 13.8 Å². The maximum Gasteiger partial charge on any atom is 0.228 e. The van der Waals surface area contributed by atoms with Gasteiger partial charge in [0.1, 0.15) is 5.51 Å². The largest absolute Gasteiger partial charge is 0.300 e. The lowest BCUT2D eigenvalue weighted by atomic mass is 10.2. The Morgan fingerprint density at radius 3 is 2.91 bits per heavy atom. The van der Waals surface area contributed by atoms with Crippen LogP contribution < -0.4 is 5.32 Å². The highest BCUT2D eigenvalue weighted by atomic mass is 32.1. The molecule has 0 spiro atoms. The molecule has 5 heteroatoms. The zero-order valence-corrected chi connectivity index (χ0v) is 7.18. The topological polar surface area (TPSA) is 54.9 Å². The minimum Gasteiger partial charge on any atom is -0.300 e. The van der Waals surface area contributed by atoms with Gasteiger partial charge in [-0.1, -0.05) is 25.2 Å². The Morgan fingerprint density at radius 1 is 1.73 bits per heavy atom. The van der Waals surface area contributed by atoms with Gasteiger partial charge in [-0.15, -0.1) is 10.2 Å².